The topological polar surface area (TPSA) is 180 Å². The third-order valence-electron chi connectivity index (χ3n) is 5.33. The Morgan fingerprint density at radius 1 is 0.895 bits per heavy atom. The number of anilines is 1. The van der Waals surface area contributed by atoms with Gasteiger partial charge in [-0.25, -0.2) is 4.79 Å². The van der Waals surface area contributed by atoms with Crippen LogP contribution in [0.2, 0.25) is 0 Å². The molecule has 4 aromatic carbocycles. The minimum Gasteiger partial charge on any atom is -0.497 e. The number of ether oxygens (including phenoxy) is 1. The van der Waals surface area contributed by atoms with E-state index < -0.39 is 22.0 Å². The summed E-state index contributed by atoms with van der Waals surface area (Å²) in [5.41, 5.74) is 7.80. The molecule has 10 nitrogen and oxygen atoms in total. The van der Waals surface area contributed by atoms with E-state index in [-0.39, 0.29) is 17.0 Å². The molecule has 0 unspecified atom stereocenters. The number of carbonyl (C=O) groups excluding carboxylic acids is 1. The van der Waals surface area contributed by atoms with Crippen molar-refractivity contribution in [1.29, 1.82) is 5.41 Å². The maximum atomic E-state index is 13.3. The van der Waals surface area contributed by atoms with Crippen molar-refractivity contribution >= 4 is 44.3 Å². The van der Waals surface area contributed by atoms with Crippen molar-refractivity contribution < 1.29 is 32.4 Å². The predicted molar refractivity (Wildman–Crippen MR) is 146 cm³/mol. The van der Waals surface area contributed by atoms with Gasteiger partial charge in [0, 0.05) is 11.3 Å². The van der Waals surface area contributed by atoms with E-state index in [1.807, 2.05) is 24.3 Å². The Bertz CT molecular complexity index is 1620. The highest BCUT2D eigenvalue weighted by atomic mass is 32.2. The number of carboxylic acids is 1. The Morgan fingerprint density at radius 2 is 1.47 bits per heavy atom. The minimum atomic E-state index is -3.67. The summed E-state index contributed by atoms with van der Waals surface area (Å²) >= 11 is 0. The summed E-state index contributed by atoms with van der Waals surface area (Å²) in [6, 6.07) is 22.4. The number of amidine groups is 1. The second kappa shape index (κ2) is 11.5. The van der Waals surface area contributed by atoms with Crippen molar-refractivity contribution in [2.45, 2.75) is 0 Å². The molecular weight excluding hydrogens is 510 g/mol. The summed E-state index contributed by atoms with van der Waals surface area (Å²) in [5, 5.41) is 21.8. The number of hydrogen-bond donors (Lipinski definition) is 5. The fourth-order valence-corrected chi connectivity index (χ4v) is 3.64. The number of amides is 1. The van der Waals surface area contributed by atoms with Gasteiger partial charge in [-0.05, 0) is 76.5 Å². The second-order valence-corrected chi connectivity index (χ2v) is 9.61. The maximum Gasteiger partial charge on any atom is 0.336 e. The maximum absolute atomic E-state index is 13.3. The molecule has 0 saturated heterocycles. The van der Waals surface area contributed by atoms with Crippen LogP contribution in [-0.4, -0.2) is 49.2 Å². The van der Waals surface area contributed by atoms with Gasteiger partial charge in [-0.1, -0.05) is 24.3 Å². The van der Waals surface area contributed by atoms with Crippen LogP contribution in [0.25, 0.3) is 21.9 Å². The van der Waals surface area contributed by atoms with Crippen molar-refractivity contribution in [3.8, 4) is 16.9 Å². The Balaban J connectivity index is 0.000000732. The summed E-state index contributed by atoms with van der Waals surface area (Å²) in [4.78, 5) is 25.3. The largest absolute Gasteiger partial charge is 0.497 e. The fourth-order valence-electron chi connectivity index (χ4n) is 3.64. The predicted octanol–water partition coefficient (Wildman–Crippen LogP) is 4.25. The van der Waals surface area contributed by atoms with Crippen LogP contribution in [0.1, 0.15) is 26.3 Å². The zero-order chi connectivity index (χ0) is 28.0. The molecule has 0 aromatic heterocycles. The van der Waals surface area contributed by atoms with Gasteiger partial charge >= 0.3 is 5.97 Å². The molecule has 0 heterocycles. The molecule has 4 aromatic rings. The fraction of sp³-hybridized carbons (Fsp3) is 0.0741. The SMILES string of the molecule is COc1ccc(-c2cc3ccccc3cc2C(=O)O)c(C(=O)Nc2ccc(C(=N)N)cc2)c1.CS(=O)(=O)O. The Morgan fingerprint density at radius 3 is 2.00 bits per heavy atom. The molecular formula is C27H25N3O7S. The van der Waals surface area contributed by atoms with Crippen LogP contribution in [-0.2, 0) is 10.1 Å². The van der Waals surface area contributed by atoms with Crippen LogP contribution in [0.4, 0.5) is 5.69 Å². The normalized spacial score (nSPS) is 10.7. The first-order chi connectivity index (χ1) is 17.9. The van der Waals surface area contributed by atoms with Crippen LogP contribution in [0.5, 0.6) is 5.75 Å². The smallest absolute Gasteiger partial charge is 0.336 e. The standard InChI is InChI=1S/C26H21N3O4.CH4O3S/c1-33-19-10-11-20(21-12-16-4-2-3-5-17(16)13-23(21)26(31)32)22(14-19)25(30)29-18-8-6-15(7-9-18)24(27)28;1-5(2,3)4/h2-14H,1H3,(H3,27,28)(H,29,30)(H,31,32);1H3,(H,2,3,4). The van der Waals surface area contributed by atoms with Crippen molar-refractivity contribution in [3.05, 3.63) is 95.6 Å². The number of rotatable bonds is 6. The summed E-state index contributed by atoms with van der Waals surface area (Å²) < 4.78 is 31.2. The van der Waals surface area contributed by atoms with E-state index in [9.17, 15) is 23.1 Å². The van der Waals surface area contributed by atoms with E-state index in [2.05, 4.69) is 5.32 Å². The molecule has 0 aliphatic carbocycles. The molecule has 0 radical (unpaired) electrons. The number of nitrogens with two attached hydrogens (primary N) is 1. The highest BCUT2D eigenvalue weighted by Crippen LogP contribution is 2.34. The third kappa shape index (κ3) is 7.15. The van der Waals surface area contributed by atoms with Gasteiger partial charge in [-0.3, -0.25) is 14.8 Å². The van der Waals surface area contributed by atoms with Gasteiger partial charge in [0.05, 0.1) is 24.5 Å². The first kappa shape index (κ1) is 27.8. The summed E-state index contributed by atoms with van der Waals surface area (Å²) in [6.07, 6.45) is 0.715. The average molecular weight is 536 g/mol. The number of benzene rings is 4. The lowest BCUT2D eigenvalue weighted by atomic mass is 9.92. The van der Waals surface area contributed by atoms with Crippen molar-refractivity contribution in [2.75, 3.05) is 18.7 Å². The average Bonchev–Trinajstić information content (AvgIpc) is 2.86. The molecule has 0 fully saturated rings. The number of hydrogen-bond acceptors (Lipinski definition) is 6. The van der Waals surface area contributed by atoms with Crippen LogP contribution < -0.4 is 15.8 Å². The van der Waals surface area contributed by atoms with E-state index in [0.29, 0.717) is 34.4 Å². The molecule has 1 amide bonds. The number of aromatic carboxylic acids is 1. The van der Waals surface area contributed by atoms with Gasteiger partial charge in [-0.2, -0.15) is 8.42 Å². The quantitative estimate of drug-likeness (QED) is 0.138. The second-order valence-electron chi connectivity index (χ2n) is 8.14. The van der Waals surface area contributed by atoms with Crippen molar-refractivity contribution in [1.82, 2.24) is 0 Å². The van der Waals surface area contributed by atoms with Gasteiger partial charge in [-0.15, -0.1) is 0 Å². The molecule has 196 valence electrons. The molecule has 6 N–H and O–H groups in total. The Labute approximate surface area is 218 Å². The van der Waals surface area contributed by atoms with E-state index in [1.54, 1.807) is 54.6 Å². The Hall–Kier alpha value is -4.74. The summed E-state index contributed by atoms with van der Waals surface area (Å²) in [6.45, 7) is 0. The van der Waals surface area contributed by atoms with Crippen LogP contribution in [0.15, 0.2) is 78.9 Å². The van der Waals surface area contributed by atoms with E-state index in [0.717, 1.165) is 10.8 Å². The Kier molecular flexibility index (Phi) is 8.46. The third-order valence-corrected chi connectivity index (χ3v) is 5.33. The molecule has 0 aliphatic heterocycles. The molecule has 0 spiro atoms. The number of carboxylic acid groups (broad SMARTS) is 1. The number of nitrogen functional groups attached to an aromatic ring is 1. The van der Waals surface area contributed by atoms with Crippen LogP contribution in [0.3, 0.4) is 0 Å². The van der Waals surface area contributed by atoms with Gasteiger partial charge in [0.25, 0.3) is 16.0 Å². The molecule has 0 aliphatic rings. The van der Waals surface area contributed by atoms with Crippen LogP contribution in [0, 0.1) is 5.41 Å². The van der Waals surface area contributed by atoms with Crippen molar-refractivity contribution in [2.24, 2.45) is 5.73 Å². The number of methoxy groups -OCH3 is 1. The molecule has 4 rings (SSSR count). The van der Waals surface area contributed by atoms with Gasteiger partial charge in [0.1, 0.15) is 11.6 Å². The molecule has 0 bridgehead atoms. The molecule has 11 heteroatoms. The number of fused-ring (bicyclic) bond motifs is 1. The number of nitrogens with one attached hydrogen (secondary N) is 2. The monoisotopic (exact) mass is 535 g/mol. The highest BCUT2D eigenvalue weighted by Gasteiger charge is 2.20. The lowest BCUT2D eigenvalue weighted by Crippen LogP contribution is -2.15. The zero-order valence-electron chi connectivity index (χ0n) is 20.4. The summed E-state index contributed by atoms with van der Waals surface area (Å²) in [7, 11) is -2.17. The van der Waals surface area contributed by atoms with Crippen molar-refractivity contribution in [3.63, 3.8) is 0 Å². The van der Waals surface area contributed by atoms with E-state index >= 15 is 0 Å². The van der Waals surface area contributed by atoms with Gasteiger partial charge in [0.15, 0.2) is 0 Å². The summed E-state index contributed by atoms with van der Waals surface area (Å²) in [5.74, 6) is -1.12. The molecule has 0 atom stereocenters. The lowest BCUT2D eigenvalue weighted by Gasteiger charge is -2.15. The van der Waals surface area contributed by atoms with Gasteiger partial charge < -0.3 is 20.9 Å². The minimum absolute atomic E-state index is 0.0690. The van der Waals surface area contributed by atoms with Gasteiger partial charge in [0.2, 0.25) is 0 Å². The first-order valence-electron chi connectivity index (χ1n) is 11.0. The zero-order valence-corrected chi connectivity index (χ0v) is 21.2. The highest BCUT2D eigenvalue weighted by molar-refractivity contribution is 7.85. The first-order valence-corrected chi connectivity index (χ1v) is 12.8. The van der Waals surface area contributed by atoms with Crippen LogP contribution >= 0.6 is 0 Å². The van der Waals surface area contributed by atoms with E-state index in [4.69, 9.17) is 20.4 Å². The lowest BCUT2D eigenvalue weighted by molar-refractivity contribution is 0.0697. The van der Waals surface area contributed by atoms with E-state index in [1.165, 1.54) is 7.11 Å². The molecule has 0 saturated carbocycles. The number of carbonyl (C=O) groups is 2. The molecule has 38 heavy (non-hydrogen) atoms.